The lowest BCUT2D eigenvalue weighted by Gasteiger charge is -2.14. The van der Waals surface area contributed by atoms with Gasteiger partial charge in [0.2, 0.25) is 0 Å². The molecule has 0 amide bonds. The fraction of sp³-hybridized carbons (Fsp3) is 0.250. The fourth-order valence-corrected chi connectivity index (χ4v) is 4.53. The average molecular weight is 551 g/mol. The van der Waals surface area contributed by atoms with Gasteiger partial charge in [0, 0.05) is 11.6 Å². The van der Waals surface area contributed by atoms with Crippen molar-refractivity contribution in [3.63, 3.8) is 0 Å². The maximum Gasteiger partial charge on any atom is 0.327 e. The van der Waals surface area contributed by atoms with Gasteiger partial charge in [-0.3, -0.25) is 5.41 Å². The van der Waals surface area contributed by atoms with Crippen LogP contribution in [-0.4, -0.2) is 32.0 Å². The first-order valence-electron chi connectivity index (χ1n) is 13.8. The molecule has 5 aromatic rings. The number of nitrogens with two attached hydrogens (primary N) is 1. The third-order valence-corrected chi connectivity index (χ3v) is 6.63. The Labute approximate surface area is 239 Å². The van der Waals surface area contributed by atoms with Gasteiger partial charge in [-0.15, -0.1) is 0 Å². The largest absolute Gasteiger partial charge is 0.494 e. The number of imidazole rings is 1. The van der Waals surface area contributed by atoms with Gasteiger partial charge in [0.05, 0.1) is 13.2 Å². The highest BCUT2D eigenvalue weighted by atomic mass is 16.5. The van der Waals surface area contributed by atoms with Gasteiger partial charge in [-0.1, -0.05) is 61.9 Å². The van der Waals surface area contributed by atoms with Gasteiger partial charge in [0.1, 0.15) is 28.9 Å². The van der Waals surface area contributed by atoms with E-state index >= 15 is 0 Å². The van der Waals surface area contributed by atoms with E-state index in [9.17, 15) is 0 Å². The van der Waals surface area contributed by atoms with Crippen molar-refractivity contribution < 1.29 is 14.2 Å². The molecule has 0 unspecified atom stereocenters. The molecule has 0 aliphatic heterocycles. The summed E-state index contributed by atoms with van der Waals surface area (Å²) < 4.78 is 20.3. The van der Waals surface area contributed by atoms with Crippen LogP contribution in [0, 0.1) is 12.3 Å². The minimum absolute atomic E-state index is 0.0389. The molecule has 0 radical (unpaired) electrons. The minimum atomic E-state index is -0.0389. The van der Waals surface area contributed by atoms with E-state index in [1.54, 1.807) is 6.07 Å². The Morgan fingerprint density at radius 1 is 0.902 bits per heavy atom. The Kier molecular flexibility index (Phi) is 8.43. The number of benzene rings is 3. The molecule has 3 N–H and O–H groups in total. The van der Waals surface area contributed by atoms with Crippen LogP contribution in [-0.2, 0) is 13.0 Å². The SMILES string of the molecule is CCCCc1ccc(C(=N)N)cc1Oc1nc(Oc2cccc(OCC)c2)c2nc(C)n(Cc3ccccc3)c2n1. The second-order valence-electron chi connectivity index (χ2n) is 9.67. The van der Waals surface area contributed by atoms with Gasteiger partial charge in [-0.25, -0.2) is 4.98 Å². The number of nitrogens with zero attached hydrogens (tertiary/aromatic N) is 4. The molecule has 2 heterocycles. The Hall–Kier alpha value is -4.92. The predicted molar refractivity (Wildman–Crippen MR) is 159 cm³/mol. The highest BCUT2D eigenvalue weighted by molar-refractivity contribution is 5.95. The molecule has 0 fully saturated rings. The third kappa shape index (κ3) is 6.46. The van der Waals surface area contributed by atoms with Crippen LogP contribution in [0.15, 0.2) is 72.8 Å². The molecule has 2 aromatic heterocycles. The number of unbranched alkanes of at least 4 members (excludes halogenated alkanes) is 1. The quantitative estimate of drug-likeness (QED) is 0.129. The van der Waals surface area contributed by atoms with E-state index in [1.807, 2.05) is 73.0 Å². The molecule has 9 heteroatoms. The molecule has 210 valence electrons. The molecule has 5 rings (SSSR count). The van der Waals surface area contributed by atoms with Crippen LogP contribution in [0.5, 0.6) is 29.1 Å². The van der Waals surface area contributed by atoms with Crippen LogP contribution in [0.4, 0.5) is 0 Å². The molecule has 9 nitrogen and oxygen atoms in total. The monoisotopic (exact) mass is 550 g/mol. The lowest BCUT2D eigenvalue weighted by molar-refractivity contribution is 0.337. The highest BCUT2D eigenvalue weighted by Crippen LogP contribution is 2.34. The van der Waals surface area contributed by atoms with Crippen molar-refractivity contribution in [3.8, 4) is 29.1 Å². The number of ether oxygens (including phenoxy) is 3. The van der Waals surface area contributed by atoms with Crippen molar-refractivity contribution in [3.05, 3.63) is 95.3 Å². The maximum absolute atomic E-state index is 7.92. The molecule has 0 saturated carbocycles. The summed E-state index contributed by atoms with van der Waals surface area (Å²) in [5, 5.41) is 7.92. The van der Waals surface area contributed by atoms with Gasteiger partial charge >= 0.3 is 6.01 Å². The minimum Gasteiger partial charge on any atom is -0.494 e. The Morgan fingerprint density at radius 3 is 2.46 bits per heavy atom. The van der Waals surface area contributed by atoms with Crippen molar-refractivity contribution >= 4 is 17.0 Å². The molecule has 0 spiro atoms. The van der Waals surface area contributed by atoms with Crippen molar-refractivity contribution in [1.82, 2.24) is 19.5 Å². The highest BCUT2D eigenvalue weighted by Gasteiger charge is 2.20. The lowest BCUT2D eigenvalue weighted by atomic mass is 10.0. The normalized spacial score (nSPS) is 11.0. The summed E-state index contributed by atoms with van der Waals surface area (Å²) in [7, 11) is 0. The molecule has 0 bridgehead atoms. The first kappa shape index (κ1) is 27.6. The molecule has 0 atom stereocenters. The number of nitrogen functional groups attached to an aromatic ring is 1. The van der Waals surface area contributed by atoms with E-state index in [4.69, 9.17) is 35.3 Å². The van der Waals surface area contributed by atoms with Crippen molar-refractivity contribution in [2.75, 3.05) is 6.61 Å². The maximum atomic E-state index is 7.92. The number of aryl methyl sites for hydroxylation is 2. The van der Waals surface area contributed by atoms with Crippen LogP contribution in [0.2, 0.25) is 0 Å². The van der Waals surface area contributed by atoms with Crippen LogP contribution < -0.4 is 19.9 Å². The standard InChI is InChI=1S/C32H34N6O3/c1-4-6-13-23-16-17-24(29(33)34)18-27(23)41-32-36-30-28(35-21(3)38(30)20-22-11-8-7-9-12-22)31(37-32)40-26-15-10-14-25(19-26)39-5-2/h7-12,14-19H,4-6,13,20H2,1-3H3,(H3,33,34). The van der Waals surface area contributed by atoms with E-state index < -0.39 is 0 Å². The van der Waals surface area contributed by atoms with Gasteiger partial charge in [-0.05, 0) is 56.0 Å². The predicted octanol–water partition coefficient (Wildman–Crippen LogP) is 6.79. The zero-order valence-electron chi connectivity index (χ0n) is 23.6. The summed E-state index contributed by atoms with van der Waals surface area (Å²) in [5.74, 6) is 2.80. The second kappa shape index (κ2) is 12.5. The van der Waals surface area contributed by atoms with Gasteiger partial charge < -0.3 is 24.5 Å². The van der Waals surface area contributed by atoms with Crippen LogP contribution >= 0.6 is 0 Å². The van der Waals surface area contributed by atoms with Gasteiger partial charge in [-0.2, -0.15) is 9.97 Å². The lowest BCUT2D eigenvalue weighted by Crippen LogP contribution is -2.11. The summed E-state index contributed by atoms with van der Waals surface area (Å²) >= 11 is 0. The smallest absolute Gasteiger partial charge is 0.327 e. The first-order chi connectivity index (χ1) is 19.9. The van der Waals surface area contributed by atoms with Crippen molar-refractivity contribution in [2.24, 2.45) is 5.73 Å². The number of amidine groups is 1. The molecule has 0 saturated heterocycles. The van der Waals surface area contributed by atoms with Crippen LogP contribution in [0.3, 0.4) is 0 Å². The van der Waals surface area contributed by atoms with Gasteiger partial charge in [0.15, 0.2) is 11.2 Å². The van der Waals surface area contributed by atoms with E-state index in [0.29, 0.717) is 47.1 Å². The van der Waals surface area contributed by atoms with Crippen molar-refractivity contribution in [1.29, 1.82) is 5.41 Å². The zero-order valence-corrected chi connectivity index (χ0v) is 23.6. The van der Waals surface area contributed by atoms with E-state index in [1.165, 1.54) is 0 Å². The number of nitrogens with one attached hydrogen (secondary N) is 1. The first-order valence-corrected chi connectivity index (χ1v) is 13.8. The molecular weight excluding hydrogens is 516 g/mol. The summed E-state index contributed by atoms with van der Waals surface area (Å²) in [6.45, 7) is 7.12. The Balaban J connectivity index is 1.61. The van der Waals surface area contributed by atoms with E-state index in [-0.39, 0.29) is 17.7 Å². The summed E-state index contributed by atoms with van der Waals surface area (Å²) in [4.78, 5) is 14.3. The van der Waals surface area contributed by atoms with Crippen molar-refractivity contribution in [2.45, 2.75) is 46.6 Å². The Bertz CT molecular complexity index is 1670. The number of hydrogen-bond acceptors (Lipinski definition) is 7. The third-order valence-electron chi connectivity index (χ3n) is 6.63. The zero-order chi connectivity index (χ0) is 28.8. The summed E-state index contributed by atoms with van der Waals surface area (Å²) in [6, 6.07) is 23.2. The molecule has 0 aliphatic carbocycles. The summed E-state index contributed by atoms with van der Waals surface area (Å²) in [6.07, 6.45) is 2.83. The number of rotatable bonds is 12. The van der Waals surface area contributed by atoms with E-state index in [0.717, 1.165) is 36.2 Å². The van der Waals surface area contributed by atoms with Gasteiger partial charge in [0.25, 0.3) is 5.88 Å². The van der Waals surface area contributed by atoms with Crippen LogP contribution in [0.25, 0.3) is 11.2 Å². The summed E-state index contributed by atoms with van der Waals surface area (Å²) in [5.41, 5.74) is 9.57. The van der Waals surface area contributed by atoms with Crippen LogP contribution in [0.1, 0.15) is 49.2 Å². The molecular formula is C32H34N6O3. The van der Waals surface area contributed by atoms with E-state index in [2.05, 4.69) is 24.0 Å². The number of fused-ring (bicyclic) bond motifs is 1. The molecule has 41 heavy (non-hydrogen) atoms. The topological polar surface area (TPSA) is 121 Å². The fourth-order valence-electron chi connectivity index (χ4n) is 4.53. The Morgan fingerprint density at radius 2 is 1.71 bits per heavy atom. The molecule has 0 aliphatic rings. The molecule has 3 aromatic carbocycles. The number of aromatic nitrogens is 4. The second-order valence-corrected chi connectivity index (χ2v) is 9.67. The number of hydrogen-bond donors (Lipinski definition) is 2. The average Bonchev–Trinajstić information content (AvgIpc) is 3.28.